The fraction of sp³-hybridized carbons (Fsp3) is 0.562. The molecular weight excluding hydrogens is 352 g/mol. The number of hydrogen-bond acceptors (Lipinski definition) is 2. The molecule has 1 fully saturated rings. The maximum Gasteiger partial charge on any atom is 0.253 e. The molecule has 1 aliphatic rings. The van der Waals surface area contributed by atoms with E-state index in [0.29, 0.717) is 22.5 Å². The van der Waals surface area contributed by atoms with Crippen LogP contribution in [0.2, 0.25) is 5.02 Å². The van der Waals surface area contributed by atoms with Gasteiger partial charge in [-0.15, -0.1) is 0 Å². The molecule has 0 bridgehead atoms. The molecule has 1 amide bonds. The Balaban J connectivity index is 2.01. The Bertz CT molecular complexity index is 487. The van der Waals surface area contributed by atoms with Crippen LogP contribution in [0, 0.1) is 5.92 Å². The second kappa shape index (κ2) is 7.61. The van der Waals surface area contributed by atoms with Crippen LogP contribution in [-0.2, 0) is 0 Å². The number of amides is 1. The van der Waals surface area contributed by atoms with Gasteiger partial charge in [-0.05, 0) is 43.5 Å². The van der Waals surface area contributed by atoms with Gasteiger partial charge in [0.2, 0.25) is 0 Å². The summed E-state index contributed by atoms with van der Waals surface area (Å²) in [4.78, 5) is 14.6. The molecule has 1 aromatic rings. The topological polar surface area (TPSA) is 32.3 Å². The third-order valence-electron chi connectivity index (χ3n) is 3.73. The van der Waals surface area contributed by atoms with Crippen LogP contribution in [0.25, 0.3) is 0 Å². The molecule has 1 saturated heterocycles. The summed E-state index contributed by atoms with van der Waals surface area (Å²) in [6.45, 7) is 6.93. The van der Waals surface area contributed by atoms with Crippen LogP contribution in [0.15, 0.2) is 22.7 Å². The van der Waals surface area contributed by atoms with Gasteiger partial charge in [0.15, 0.2) is 0 Å². The van der Waals surface area contributed by atoms with Crippen LogP contribution in [0.4, 0.5) is 0 Å². The Morgan fingerprint density at radius 1 is 1.48 bits per heavy atom. The van der Waals surface area contributed by atoms with Crippen molar-refractivity contribution < 1.29 is 4.79 Å². The fourth-order valence-corrected chi connectivity index (χ4v) is 3.54. The lowest BCUT2D eigenvalue weighted by Gasteiger charge is -2.33. The molecule has 1 N–H and O–H groups in total. The number of halogens is 2. The summed E-state index contributed by atoms with van der Waals surface area (Å²) in [6.07, 6.45) is 2.25. The molecular formula is C16H22BrClN2O. The summed E-state index contributed by atoms with van der Waals surface area (Å²) in [5.74, 6) is 0.611. The standard InChI is InChI=1S/C16H22BrClN2O/c1-11(2)19-9-12-4-3-5-20(10-12)16(21)13-6-14(17)8-15(18)7-13/h6-8,11-12,19H,3-5,9-10H2,1-2H3. The number of carbonyl (C=O) groups excluding carboxylic acids is 1. The molecule has 0 aliphatic carbocycles. The predicted octanol–water partition coefficient (Wildman–Crippen LogP) is 3.95. The van der Waals surface area contributed by atoms with Crippen LogP contribution < -0.4 is 5.32 Å². The number of piperidine rings is 1. The normalized spacial score (nSPS) is 19.1. The van der Waals surface area contributed by atoms with E-state index in [1.165, 1.54) is 6.42 Å². The summed E-state index contributed by atoms with van der Waals surface area (Å²) < 4.78 is 0.841. The van der Waals surface area contributed by atoms with Gasteiger partial charge >= 0.3 is 0 Å². The number of benzene rings is 1. The van der Waals surface area contributed by atoms with Gasteiger partial charge in [-0.1, -0.05) is 41.4 Å². The first-order valence-electron chi connectivity index (χ1n) is 7.44. The van der Waals surface area contributed by atoms with E-state index in [1.54, 1.807) is 12.1 Å². The van der Waals surface area contributed by atoms with Crippen molar-refractivity contribution in [3.05, 3.63) is 33.3 Å². The van der Waals surface area contributed by atoms with E-state index < -0.39 is 0 Å². The first-order valence-corrected chi connectivity index (χ1v) is 8.61. The van der Waals surface area contributed by atoms with E-state index in [0.717, 1.165) is 30.5 Å². The number of carbonyl (C=O) groups is 1. The molecule has 21 heavy (non-hydrogen) atoms. The molecule has 3 nitrogen and oxygen atoms in total. The van der Waals surface area contributed by atoms with Crippen LogP contribution in [0.5, 0.6) is 0 Å². The third-order valence-corrected chi connectivity index (χ3v) is 4.41. The quantitative estimate of drug-likeness (QED) is 0.866. The van der Waals surface area contributed by atoms with Gasteiger partial charge in [-0.3, -0.25) is 4.79 Å². The molecule has 0 saturated carbocycles. The molecule has 1 aromatic carbocycles. The molecule has 1 unspecified atom stereocenters. The minimum absolute atomic E-state index is 0.0763. The molecule has 1 heterocycles. The van der Waals surface area contributed by atoms with Crippen molar-refractivity contribution in [2.45, 2.75) is 32.7 Å². The lowest BCUT2D eigenvalue weighted by molar-refractivity contribution is 0.0672. The molecule has 1 aliphatic heterocycles. The van der Waals surface area contributed by atoms with Crippen molar-refractivity contribution in [3.63, 3.8) is 0 Å². The smallest absolute Gasteiger partial charge is 0.253 e. The SMILES string of the molecule is CC(C)NCC1CCCN(C(=O)c2cc(Cl)cc(Br)c2)C1. The largest absolute Gasteiger partial charge is 0.338 e. The Morgan fingerprint density at radius 3 is 2.90 bits per heavy atom. The maximum atomic E-state index is 12.6. The van der Waals surface area contributed by atoms with Crippen molar-refractivity contribution >= 4 is 33.4 Å². The summed E-state index contributed by atoms with van der Waals surface area (Å²) in [7, 11) is 0. The second-order valence-corrected chi connectivity index (χ2v) is 7.33. The van der Waals surface area contributed by atoms with Crippen LogP contribution in [-0.4, -0.2) is 36.5 Å². The highest BCUT2D eigenvalue weighted by Gasteiger charge is 2.24. The monoisotopic (exact) mass is 372 g/mol. The van der Waals surface area contributed by atoms with Crippen molar-refractivity contribution in [3.8, 4) is 0 Å². The van der Waals surface area contributed by atoms with Crippen LogP contribution in [0.1, 0.15) is 37.0 Å². The molecule has 0 radical (unpaired) electrons. The Morgan fingerprint density at radius 2 is 2.24 bits per heavy atom. The number of hydrogen-bond donors (Lipinski definition) is 1. The van der Waals surface area contributed by atoms with Gasteiger partial charge in [0.25, 0.3) is 5.91 Å². The summed E-state index contributed by atoms with van der Waals surface area (Å²) >= 11 is 9.43. The van der Waals surface area contributed by atoms with E-state index in [2.05, 4.69) is 35.1 Å². The maximum absolute atomic E-state index is 12.6. The highest BCUT2D eigenvalue weighted by Crippen LogP contribution is 2.23. The third kappa shape index (κ3) is 4.97. The minimum atomic E-state index is 0.0763. The molecule has 116 valence electrons. The average molecular weight is 374 g/mol. The minimum Gasteiger partial charge on any atom is -0.338 e. The van der Waals surface area contributed by atoms with E-state index in [1.807, 2.05) is 11.0 Å². The highest BCUT2D eigenvalue weighted by atomic mass is 79.9. The number of likely N-dealkylation sites (tertiary alicyclic amines) is 1. The fourth-order valence-electron chi connectivity index (χ4n) is 2.68. The lowest BCUT2D eigenvalue weighted by atomic mass is 9.97. The van der Waals surface area contributed by atoms with Gasteiger partial charge in [0, 0.05) is 34.2 Å². The summed E-state index contributed by atoms with van der Waals surface area (Å²) in [5.41, 5.74) is 0.659. The zero-order valence-electron chi connectivity index (χ0n) is 12.5. The Kier molecular flexibility index (Phi) is 6.08. The van der Waals surface area contributed by atoms with Gasteiger partial charge in [-0.25, -0.2) is 0 Å². The molecule has 1 atom stereocenters. The van der Waals surface area contributed by atoms with Crippen molar-refractivity contribution in [1.82, 2.24) is 10.2 Å². The lowest BCUT2D eigenvalue weighted by Crippen LogP contribution is -2.43. The summed E-state index contributed by atoms with van der Waals surface area (Å²) in [6, 6.07) is 5.86. The van der Waals surface area contributed by atoms with Crippen molar-refractivity contribution in [1.29, 1.82) is 0 Å². The Hall–Kier alpha value is -0.580. The van der Waals surface area contributed by atoms with E-state index >= 15 is 0 Å². The number of nitrogens with zero attached hydrogens (tertiary/aromatic N) is 1. The first-order chi connectivity index (χ1) is 9.95. The molecule has 0 aromatic heterocycles. The first kappa shape index (κ1) is 16.8. The Labute approximate surface area is 140 Å². The van der Waals surface area contributed by atoms with E-state index in [4.69, 9.17) is 11.6 Å². The average Bonchev–Trinajstić information content (AvgIpc) is 2.43. The van der Waals surface area contributed by atoms with Crippen LogP contribution in [0.3, 0.4) is 0 Å². The second-order valence-electron chi connectivity index (χ2n) is 5.98. The van der Waals surface area contributed by atoms with Gasteiger partial charge in [0.1, 0.15) is 0 Å². The van der Waals surface area contributed by atoms with Gasteiger partial charge in [0.05, 0.1) is 0 Å². The van der Waals surface area contributed by atoms with E-state index in [9.17, 15) is 4.79 Å². The zero-order chi connectivity index (χ0) is 15.4. The highest BCUT2D eigenvalue weighted by molar-refractivity contribution is 9.10. The molecule has 0 spiro atoms. The summed E-state index contributed by atoms with van der Waals surface area (Å²) in [5, 5.41) is 4.05. The van der Waals surface area contributed by atoms with Crippen molar-refractivity contribution in [2.75, 3.05) is 19.6 Å². The van der Waals surface area contributed by atoms with Crippen LogP contribution >= 0.6 is 27.5 Å². The zero-order valence-corrected chi connectivity index (χ0v) is 14.9. The molecule has 5 heteroatoms. The number of nitrogens with one attached hydrogen (secondary N) is 1. The van der Waals surface area contributed by atoms with Gasteiger partial charge < -0.3 is 10.2 Å². The molecule has 2 rings (SSSR count). The van der Waals surface area contributed by atoms with Gasteiger partial charge in [-0.2, -0.15) is 0 Å². The van der Waals surface area contributed by atoms with E-state index in [-0.39, 0.29) is 5.91 Å². The predicted molar refractivity (Wildman–Crippen MR) is 90.9 cm³/mol. The van der Waals surface area contributed by atoms with Crippen molar-refractivity contribution in [2.24, 2.45) is 5.92 Å². The number of rotatable bonds is 4.